The lowest BCUT2D eigenvalue weighted by molar-refractivity contribution is 0.157. The van der Waals surface area contributed by atoms with Crippen LogP contribution in [0.1, 0.15) is 13.8 Å². The molecule has 7 nitrogen and oxygen atoms in total. The van der Waals surface area contributed by atoms with E-state index < -0.39 is 20.0 Å². The van der Waals surface area contributed by atoms with E-state index in [2.05, 4.69) is 4.72 Å². The van der Waals surface area contributed by atoms with Gasteiger partial charge in [0.2, 0.25) is 20.0 Å². The van der Waals surface area contributed by atoms with Gasteiger partial charge in [-0.25, -0.2) is 26.7 Å². The van der Waals surface area contributed by atoms with Crippen LogP contribution in [0.3, 0.4) is 0 Å². The number of hydrogen-bond donors (Lipinski definition) is 2. The second-order valence-electron chi connectivity index (χ2n) is 4.94. The molecule has 1 atom stereocenters. The Labute approximate surface area is 125 Å². The standard InChI is InChI=1S/C12H20N2O5S2/c1-9(2)12(8-19-3)14-21(17,18)11-6-4-10(5-7-11)20(13,15)16/h4-7,9,12,14H,8H2,1-3H3,(H2,13,15,16). The predicted octanol–water partition coefficient (Wildman–Crippen LogP) is 0.283. The third-order valence-electron chi connectivity index (χ3n) is 2.92. The van der Waals surface area contributed by atoms with Gasteiger partial charge in [0, 0.05) is 13.2 Å². The van der Waals surface area contributed by atoms with Crippen LogP contribution in [0.5, 0.6) is 0 Å². The summed E-state index contributed by atoms with van der Waals surface area (Å²) in [4.78, 5) is -0.171. The summed E-state index contributed by atoms with van der Waals surface area (Å²) in [6, 6.07) is 4.34. The van der Waals surface area contributed by atoms with Crippen molar-refractivity contribution < 1.29 is 21.6 Å². The Hall–Kier alpha value is -1.00. The molecule has 21 heavy (non-hydrogen) atoms. The minimum atomic E-state index is -3.85. The van der Waals surface area contributed by atoms with Crippen LogP contribution >= 0.6 is 0 Å². The molecular formula is C12H20N2O5S2. The first-order valence-electron chi connectivity index (χ1n) is 6.22. The average Bonchev–Trinajstić information content (AvgIpc) is 2.37. The van der Waals surface area contributed by atoms with E-state index in [1.165, 1.54) is 19.2 Å². The molecule has 3 N–H and O–H groups in total. The van der Waals surface area contributed by atoms with Crippen molar-refractivity contribution in [3.05, 3.63) is 24.3 Å². The fourth-order valence-electron chi connectivity index (χ4n) is 1.62. The molecule has 0 radical (unpaired) electrons. The van der Waals surface area contributed by atoms with Crippen LogP contribution in [0.2, 0.25) is 0 Å². The zero-order chi connectivity index (χ0) is 16.3. The summed E-state index contributed by atoms with van der Waals surface area (Å²) in [5, 5.41) is 4.97. The number of primary sulfonamides is 1. The van der Waals surface area contributed by atoms with E-state index in [0.29, 0.717) is 0 Å². The van der Waals surface area contributed by atoms with Crippen LogP contribution in [0.4, 0.5) is 0 Å². The second-order valence-corrected chi connectivity index (χ2v) is 8.22. The molecule has 1 aromatic rings. The molecule has 0 amide bonds. The molecule has 0 aromatic heterocycles. The van der Waals surface area contributed by atoms with E-state index in [-0.39, 0.29) is 28.4 Å². The lowest BCUT2D eigenvalue weighted by atomic mass is 10.1. The molecule has 1 rings (SSSR count). The van der Waals surface area contributed by atoms with Gasteiger partial charge in [-0.05, 0) is 30.2 Å². The van der Waals surface area contributed by atoms with Gasteiger partial charge in [-0.15, -0.1) is 0 Å². The van der Waals surface area contributed by atoms with E-state index in [1.807, 2.05) is 13.8 Å². The SMILES string of the molecule is COCC(NS(=O)(=O)c1ccc(S(N)(=O)=O)cc1)C(C)C. The summed E-state index contributed by atoms with van der Waals surface area (Å²) < 4.78 is 54.3. The minimum absolute atomic E-state index is 0.0309. The topological polar surface area (TPSA) is 116 Å². The van der Waals surface area contributed by atoms with Crippen molar-refractivity contribution in [2.45, 2.75) is 29.7 Å². The highest BCUT2D eigenvalue weighted by Crippen LogP contribution is 2.15. The Morgan fingerprint density at radius 1 is 1.10 bits per heavy atom. The first-order chi connectivity index (χ1) is 9.58. The van der Waals surface area contributed by atoms with Gasteiger partial charge in [-0.3, -0.25) is 0 Å². The second kappa shape index (κ2) is 6.84. The third kappa shape index (κ3) is 5.04. The van der Waals surface area contributed by atoms with Gasteiger partial charge >= 0.3 is 0 Å². The van der Waals surface area contributed by atoms with E-state index in [4.69, 9.17) is 9.88 Å². The summed E-state index contributed by atoms with van der Waals surface area (Å²) in [7, 11) is -6.11. The lowest BCUT2D eigenvalue weighted by Gasteiger charge is -2.21. The summed E-state index contributed by atoms with van der Waals surface area (Å²) >= 11 is 0. The van der Waals surface area contributed by atoms with Crippen molar-refractivity contribution in [2.75, 3.05) is 13.7 Å². The molecular weight excluding hydrogens is 316 g/mol. The van der Waals surface area contributed by atoms with Crippen LogP contribution in [0, 0.1) is 5.92 Å². The molecule has 120 valence electrons. The first kappa shape index (κ1) is 18.1. The minimum Gasteiger partial charge on any atom is -0.383 e. The van der Waals surface area contributed by atoms with Gasteiger partial charge in [-0.2, -0.15) is 0 Å². The molecule has 0 bridgehead atoms. The largest absolute Gasteiger partial charge is 0.383 e. The monoisotopic (exact) mass is 336 g/mol. The van der Waals surface area contributed by atoms with E-state index in [0.717, 1.165) is 12.1 Å². The van der Waals surface area contributed by atoms with Gasteiger partial charge in [0.1, 0.15) is 0 Å². The summed E-state index contributed by atoms with van der Waals surface area (Å²) in [5.41, 5.74) is 0. The Bertz CT molecular complexity index is 666. The highest BCUT2D eigenvalue weighted by atomic mass is 32.2. The number of ether oxygens (including phenoxy) is 1. The molecule has 0 aliphatic heterocycles. The van der Waals surface area contributed by atoms with E-state index >= 15 is 0 Å². The van der Waals surface area contributed by atoms with Crippen molar-refractivity contribution in [1.29, 1.82) is 0 Å². The number of sulfonamides is 2. The van der Waals surface area contributed by atoms with Gasteiger partial charge in [0.05, 0.1) is 16.4 Å². The maximum absolute atomic E-state index is 12.2. The fraction of sp³-hybridized carbons (Fsp3) is 0.500. The van der Waals surface area contributed by atoms with Gasteiger partial charge in [0.15, 0.2) is 0 Å². The molecule has 0 saturated heterocycles. The Kier molecular flexibility index (Phi) is 5.88. The number of nitrogens with two attached hydrogens (primary N) is 1. The van der Waals surface area contributed by atoms with Crippen molar-refractivity contribution in [3.63, 3.8) is 0 Å². The molecule has 1 aromatic carbocycles. The van der Waals surface area contributed by atoms with Gasteiger partial charge < -0.3 is 4.74 Å². The van der Waals surface area contributed by atoms with Crippen LogP contribution in [0.25, 0.3) is 0 Å². The summed E-state index contributed by atoms with van der Waals surface area (Å²) in [5.74, 6) is 0.0448. The third-order valence-corrected chi connectivity index (χ3v) is 5.36. The van der Waals surface area contributed by atoms with Crippen molar-refractivity contribution in [1.82, 2.24) is 4.72 Å². The quantitative estimate of drug-likeness (QED) is 0.742. The number of hydrogen-bond acceptors (Lipinski definition) is 5. The van der Waals surface area contributed by atoms with Crippen molar-refractivity contribution in [3.8, 4) is 0 Å². The Balaban J connectivity index is 3.03. The Morgan fingerprint density at radius 3 is 1.95 bits per heavy atom. The summed E-state index contributed by atoms with van der Waals surface area (Å²) in [6.45, 7) is 3.98. The normalized spacial score (nSPS) is 14.3. The van der Waals surface area contributed by atoms with E-state index in [1.54, 1.807) is 0 Å². The summed E-state index contributed by atoms with van der Waals surface area (Å²) in [6.07, 6.45) is 0. The number of nitrogens with one attached hydrogen (secondary N) is 1. The molecule has 0 spiro atoms. The highest BCUT2D eigenvalue weighted by Gasteiger charge is 2.22. The molecule has 0 saturated carbocycles. The Morgan fingerprint density at radius 2 is 1.57 bits per heavy atom. The molecule has 0 fully saturated rings. The maximum Gasteiger partial charge on any atom is 0.240 e. The van der Waals surface area contributed by atoms with Crippen LogP contribution in [0.15, 0.2) is 34.1 Å². The highest BCUT2D eigenvalue weighted by molar-refractivity contribution is 7.89. The zero-order valence-corrected chi connectivity index (χ0v) is 13.7. The van der Waals surface area contributed by atoms with Crippen molar-refractivity contribution >= 4 is 20.0 Å². The maximum atomic E-state index is 12.2. The molecule has 0 aliphatic rings. The number of benzene rings is 1. The van der Waals surface area contributed by atoms with Crippen LogP contribution in [-0.2, 0) is 24.8 Å². The first-order valence-corrected chi connectivity index (χ1v) is 9.25. The lowest BCUT2D eigenvalue weighted by Crippen LogP contribution is -2.41. The van der Waals surface area contributed by atoms with E-state index in [9.17, 15) is 16.8 Å². The molecule has 0 aliphatic carbocycles. The molecule has 9 heteroatoms. The van der Waals surface area contributed by atoms with Gasteiger partial charge in [0.25, 0.3) is 0 Å². The molecule has 0 heterocycles. The number of rotatable bonds is 7. The number of methoxy groups -OCH3 is 1. The zero-order valence-electron chi connectivity index (χ0n) is 12.1. The van der Waals surface area contributed by atoms with Crippen LogP contribution in [-0.4, -0.2) is 36.6 Å². The van der Waals surface area contributed by atoms with Crippen LogP contribution < -0.4 is 9.86 Å². The molecule has 1 unspecified atom stereocenters. The fourth-order valence-corrected chi connectivity index (χ4v) is 3.50. The van der Waals surface area contributed by atoms with Gasteiger partial charge in [-0.1, -0.05) is 13.8 Å². The predicted molar refractivity (Wildman–Crippen MR) is 78.6 cm³/mol. The smallest absolute Gasteiger partial charge is 0.240 e. The van der Waals surface area contributed by atoms with Crippen molar-refractivity contribution in [2.24, 2.45) is 11.1 Å². The average molecular weight is 336 g/mol.